The molecule has 0 spiro atoms. The molecule has 3 N–H and O–H groups in total. The minimum Gasteiger partial charge on any atom is -0.507 e. The third kappa shape index (κ3) is 4.39. The number of hydrogen-bond acceptors (Lipinski definition) is 5. The van der Waals surface area contributed by atoms with Crippen molar-refractivity contribution in [2.45, 2.75) is 6.92 Å². The third-order valence-electron chi connectivity index (χ3n) is 3.93. The van der Waals surface area contributed by atoms with Crippen LogP contribution in [0.1, 0.15) is 32.0 Å². The number of halogens is 1. The average molecular weight is 490 g/mol. The Morgan fingerprint density at radius 3 is 2.54 bits per heavy atom. The van der Waals surface area contributed by atoms with Gasteiger partial charge in [0.15, 0.2) is 0 Å². The standard InChI is InChI=1S/C20H15IN2O5/c1-11-8-13(20(26)27)2-5-15(11)18-7-4-14(28-18)10-22-23-19(25)12-3-6-16(21)17(24)9-12/h2-10,24H,1H3,(H,23,25)(H,26,27)/b22-10-. The van der Waals surface area contributed by atoms with Gasteiger partial charge in [-0.2, -0.15) is 5.10 Å². The molecular weight excluding hydrogens is 475 g/mol. The van der Waals surface area contributed by atoms with Crippen molar-refractivity contribution in [3.63, 3.8) is 0 Å². The van der Waals surface area contributed by atoms with Crippen LogP contribution < -0.4 is 5.43 Å². The van der Waals surface area contributed by atoms with Crippen LogP contribution >= 0.6 is 22.6 Å². The highest BCUT2D eigenvalue weighted by Gasteiger charge is 2.11. The number of phenolic OH excluding ortho intramolecular Hbond substituents is 1. The number of nitrogens with one attached hydrogen (secondary N) is 1. The van der Waals surface area contributed by atoms with Crippen molar-refractivity contribution < 1.29 is 24.2 Å². The number of carbonyl (C=O) groups is 2. The predicted molar refractivity (Wildman–Crippen MR) is 112 cm³/mol. The Balaban J connectivity index is 1.70. The van der Waals surface area contributed by atoms with Gasteiger partial charge < -0.3 is 14.6 Å². The summed E-state index contributed by atoms with van der Waals surface area (Å²) in [6.07, 6.45) is 1.36. The fourth-order valence-electron chi connectivity index (χ4n) is 2.51. The molecule has 28 heavy (non-hydrogen) atoms. The van der Waals surface area contributed by atoms with Gasteiger partial charge in [-0.3, -0.25) is 4.79 Å². The second-order valence-corrected chi connectivity index (χ2v) is 7.06. The molecule has 0 saturated heterocycles. The Morgan fingerprint density at radius 1 is 1.11 bits per heavy atom. The molecule has 0 bridgehead atoms. The second-order valence-electron chi connectivity index (χ2n) is 5.90. The molecule has 0 unspecified atom stereocenters. The summed E-state index contributed by atoms with van der Waals surface area (Å²) in [6.45, 7) is 1.80. The van der Waals surface area contributed by atoms with E-state index in [2.05, 4.69) is 10.5 Å². The van der Waals surface area contributed by atoms with E-state index in [0.717, 1.165) is 11.1 Å². The summed E-state index contributed by atoms with van der Waals surface area (Å²) in [7, 11) is 0. The molecule has 0 atom stereocenters. The van der Waals surface area contributed by atoms with Crippen molar-refractivity contribution >= 4 is 40.7 Å². The van der Waals surface area contributed by atoms with Crippen molar-refractivity contribution in [3.8, 4) is 17.1 Å². The lowest BCUT2D eigenvalue weighted by atomic mass is 10.0. The van der Waals surface area contributed by atoms with Crippen LogP contribution in [-0.4, -0.2) is 28.3 Å². The van der Waals surface area contributed by atoms with Gasteiger partial charge in [-0.15, -0.1) is 0 Å². The number of furan rings is 1. The molecule has 1 aromatic heterocycles. The maximum absolute atomic E-state index is 12.0. The Hall–Kier alpha value is -3.14. The van der Waals surface area contributed by atoms with E-state index in [-0.39, 0.29) is 16.9 Å². The van der Waals surface area contributed by atoms with Crippen LogP contribution in [0.4, 0.5) is 0 Å². The van der Waals surface area contributed by atoms with Crippen molar-refractivity contribution in [1.82, 2.24) is 5.43 Å². The van der Waals surface area contributed by atoms with Crippen LogP contribution in [0.3, 0.4) is 0 Å². The first-order chi connectivity index (χ1) is 13.3. The Morgan fingerprint density at radius 2 is 1.86 bits per heavy atom. The number of nitrogens with zero attached hydrogens (tertiary/aromatic N) is 1. The van der Waals surface area contributed by atoms with Crippen molar-refractivity contribution in [2.24, 2.45) is 5.10 Å². The van der Waals surface area contributed by atoms with Gasteiger partial charge >= 0.3 is 5.97 Å². The highest BCUT2D eigenvalue weighted by Crippen LogP contribution is 2.26. The maximum atomic E-state index is 12.0. The number of benzene rings is 2. The van der Waals surface area contributed by atoms with Gasteiger partial charge in [-0.25, -0.2) is 10.2 Å². The zero-order valence-electron chi connectivity index (χ0n) is 14.6. The van der Waals surface area contributed by atoms with Gasteiger partial charge in [-0.05, 0) is 77.5 Å². The molecule has 142 valence electrons. The summed E-state index contributed by atoms with van der Waals surface area (Å²) < 4.78 is 6.33. The topological polar surface area (TPSA) is 112 Å². The number of aromatic hydroxyl groups is 1. The lowest BCUT2D eigenvalue weighted by molar-refractivity contribution is 0.0696. The Bertz CT molecular complexity index is 1090. The van der Waals surface area contributed by atoms with Crippen LogP contribution in [0.25, 0.3) is 11.3 Å². The van der Waals surface area contributed by atoms with Gasteiger partial charge in [0.2, 0.25) is 0 Å². The molecule has 3 aromatic rings. The molecule has 3 rings (SSSR count). The van der Waals surface area contributed by atoms with Crippen molar-refractivity contribution in [1.29, 1.82) is 0 Å². The first-order valence-corrected chi connectivity index (χ1v) is 9.19. The van der Waals surface area contributed by atoms with E-state index < -0.39 is 11.9 Å². The minimum atomic E-state index is -0.987. The van der Waals surface area contributed by atoms with E-state index in [9.17, 15) is 14.7 Å². The van der Waals surface area contributed by atoms with Gasteiger partial charge in [0.25, 0.3) is 5.91 Å². The molecule has 1 heterocycles. The summed E-state index contributed by atoms with van der Waals surface area (Å²) in [5.74, 6) is -0.446. The minimum absolute atomic E-state index is 0.0252. The lowest BCUT2D eigenvalue weighted by Crippen LogP contribution is -2.17. The Labute approximate surface area is 173 Å². The summed E-state index contributed by atoms with van der Waals surface area (Å²) in [5, 5.41) is 22.6. The van der Waals surface area contributed by atoms with Crippen LogP contribution in [-0.2, 0) is 0 Å². The lowest BCUT2D eigenvalue weighted by Gasteiger charge is -2.04. The molecule has 1 amide bonds. The van der Waals surface area contributed by atoms with E-state index in [1.54, 1.807) is 43.3 Å². The molecule has 8 heteroatoms. The second kappa shape index (κ2) is 8.26. The normalized spacial score (nSPS) is 10.9. The van der Waals surface area contributed by atoms with E-state index in [4.69, 9.17) is 9.52 Å². The van der Waals surface area contributed by atoms with Crippen molar-refractivity contribution in [2.75, 3.05) is 0 Å². The third-order valence-corrected chi connectivity index (χ3v) is 4.84. The monoisotopic (exact) mass is 490 g/mol. The first-order valence-electron chi connectivity index (χ1n) is 8.11. The number of amides is 1. The number of carboxylic acid groups (broad SMARTS) is 1. The molecule has 0 aliphatic heterocycles. The number of phenols is 1. The van der Waals surface area contributed by atoms with Crippen molar-refractivity contribution in [3.05, 3.63) is 74.6 Å². The van der Waals surface area contributed by atoms with E-state index in [1.807, 2.05) is 22.6 Å². The summed E-state index contributed by atoms with van der Waals surface area (Å²) in [6, 6.07) is 12.8. The molecular formula is C20H15IN2O5. The summed E-state index contributed by atoms with van der Waals surface area (Å²) in [5.41, 5.74) is 4.39. The van der Waals surface area contributed by atoms with E-state index in [1.165, 1.54) is 18.3 Å². The molecule has 0 aliphatic carbocycles. The molecule has 0 radical (unpaired) electrons. The Kier molecular flexibility index (Phi) is 5.78. The number of hydrogen-bond donors (Lipinski definition) is 3. The molecule has 0 aliphatic rings. The molecule has 2 aromatic carbocycles. The van der Waals surface area contributed by atoms with Crippen LogP contribution in [0.15, 0.2) is 58.0 Å². The maximum Gasteiger partial charge on any atom is 0.335 e. The van der Waals surface area contributed by atoms with Crippen LogP contribution in [0.2, 0.25) is 0 Å². The number of aryl methyl sites for hydroxylation is 1. The number of hydrazone groups is 1. The van der Waals surface area contributed by atoms with Gasteiger partial charge in [0.05, 0.1) is 15.3 Å². The number of carbonyl (C=O) groups excluding carboxylic acids is 1. The highest BCUT2D eigenvalue weighted by molar-refractivity contribution is 14.1. The van der Waals surface area contributed by atoms with Gasteiger partial charge in [0, 0.05) is 11.1 Å². The van der Waals surface area contributed by atoms with E-state index in [0.29, 0.717) is 15.1 Å². The fraction of sp³-hybridized carbons (Fsp3) is 0.0500. The quantitative estimate of drug-likeness (QED) is 0.284. The van der Waals surface area contributed by atoms with Crippen LogP contribution in [0.5, 0.6) is 5.75 Å². The summed E-state index contributed by atoms with van der Waals surface area (Å²) >= 11 is 1.96. The molecule has 0 fully saturated rings. The number of aromatic carboxylic acids is 1. The SMILES string of the molecule is Cc1cc(C(=O)O)ccc1-c1ccc(/C=N\NC(=O)c2ccc(I)c(O)c2)o1. The predicted octanol–water partition coefficient (Wildman–Crippen LogP) is 4.03. The molecule has 7 nitrogen and oxygen atoms in total. The summed E-state index contributed by atoms with van der Waals surface area (Å²) in [4.78, 5) is 23.1. The fourth-order valence-corrected chi connectivity index (χ4v) is 2.85. The zero-order valence-corrected chi connectivity index (χ0v) is 16.8. The van der Waals surface area contributed by atoms with Gasteiger partial charge in [0.1, 0.15) is 17.3 Å². The average Bonchev–Trinajstić information content (AvgIpc) is 3.12. The molecule has 0 saturated carbocycles. The van der Waals surface area contributed by atoms with Gasteiger partial charge in [-0.1, -0.05) is 6.07 Å². The first kappa shape index (κ1) is 19.6. The smallest absolute Gasteiger partial charge is 0.335 e. The number of carboxylic acids is 1. The zero-order chi connectivity index (χ0) is 20.3. The number of rotatable bonds is 5. The van der Waals surface area contributed by atoms with Crippen LogP contribution in [0, 0.1) is 10.5 Å². The van der Waals surface area contributed by atoms with E-state index >= 15 is 0 Å². The highest BCUT2D eigenvalue weighted by atomic mass is 127. The largest absolute Gasteiger partial charge is 0.507 e.